The Labute approximate surface area is 111 Å². The van der Waals surface area contributed by atoms with Crippen molar-refractivity contribution in [2.45, 2.75) is 13.0 Å². The second-order valence-electron chi connectivity index (χ2n) is 4.22. The quantitative estimate of drug-likeness (QED) is 0.920. The minimum absolute atomic E-state index is 0.667. The van der Waals surface area contributed by atoms with Crippen LogP contribution in [0.3, 0.4) is 0 Å². The van der Waals surface area contributed by atoms with Crippen molar-refractivity contribution in [1.29, 1.82) is 0 Å². The molecule has 0 aliphatic carbocycles. The van der Waals surface area contributed by atoms with E-state index in [2.05, 4.69) is 10.3 Å². The Balaban J connectivity index is 1.81. The summed E-state index contributed by atoms with van der Waals surface area (Å²) in [6.45, 7) is 1.41. The lowest BCUT2D eigenvalue weighted by Crippen LogP contribution is -2.02. The first kappa shape index (κ1) is 11.4. The molecule has 4 heteroatoms. The summed E-state index contributed by atoms with van der Waals surface area (Å²) in [7, 11) is 0. The molecule has 1 aliphatic rings. The van der Waals surface area contributed by atoms with Gasteiger partial charge >= 0.3 is 0 Å². The molecule has 2 heterocycles. The van der Waals surface area contributed by atoms with Crippen LogP contribution in [0.4, 0.5) is 5.82 Å². The van der Waals surface area contributed by atoms with E-state index in [0.29, 0.717) is 6.54 Å². The second kappa shape index (κ2) is 4.86. The molecule has 0 saturated heterocycles. The van der Waals surface area contributed by atoms with Crippen LogP contribution in [-0.2, 0) is 13.0 Å². The predicted octanol–water partition coefficient (Wildman–Crippen LogP) is 3.28. The Morgan fingerprint density at radius 2 is 2.28 bits per heavy atom. The largest absolute Gasteiger partial charge is 0.493 e. The highest BCUT2D eigenvalue weighted by atomic mass is 35.5. The van der Waals surface area contributed by atoms with Gasteiger partial charge in [-0.2, -0.15) is 0 Å². The molecular weight excluding hydrogens is 248 g/mol. The topological polar surface area (TPSA) is 34.2 Å². The van der Waals surface area contributed by atoms with E-state index >= 15 is 0 Å². The summed E-state index contributed by atoms with van der Waals surface area (Å²) in [6.07, 6.45) is 2.70. The number of aromatic nitrogens is 1. The molecule has 0 saturated carbocycles. The van der Waals surface area contributed by atoms with Crippen molar-refractivity contribution < 1.29 is 4.74 Å². The summed E-state index contributed by atoms with van der Waals surface area (Å²) < 4.78 is 5.65. The average Bonchev–Trinajstić information content (AvgIpc) is 2.85. The number of pyridine rings is 1. The smallest absolute Gasteiger partial charge is 0.127 e. The number of rotatable bonds is 3. The fourth-order valence-electron chi connectivity index (χ4n) is 2.13. The molecule has 1 aromatic carbocycles. The molecule has 92 valence electrons. The van der Waals surface area contributed by atoms with E-state index in [1.54, 1.807) is 6.20 Å². The van der Waals surface area contributed by atoms with Crippen LogP contribution < -0.4 is 10.1 Å². The van der Waals surface area contributed by atoms with E-state index in [1.807, 2.05) is 30.3 Å². The molecule has 0 atom stereocenters. The fourth-order valence-corrected chi connectivity index (χ4v) is 2.39. The number of hydrogen-bond donors (Lipinski definition) is 1. The summed E-state index contributed by atoms with van der Waals surface area (Å²) in [5, 5.41) is 4.03. The van der Waals surface area contributed by atoms with Crippen LogP contribution in [0.2, 0.25) is 5.02 Å². The highest BCUT2D eigenvalue weighted by molar-refractivity contribution is 6.30. The highest BCUT2D eigenvalue weighted by Gasteiger charge is 2.17. The van der Waals surface area contributed by atoms with Gasteiger partial charge in [-0.05, 0) is 29.8 Å². The monoisotopic (exact) mass is 260 g/mol. The van der Waals surface area contributed by atoms with Gasteiger partial charge in [0.15, 0.2) is 0 Å². The summed E-state index contributed by atoms with van der Waals surface area (Å²) in [4.78, 5) is 4.22. The van der Waals surface area contributed by atoms with Crippen LogP contribution in [0.15, 0.2) is 36.5 Å². The fraction of sp³-hybridized carbons (Fsp3) is 0.214. The minimum Gasteiger partial charge on any atom is -0.493 e. The Hall–Kier alpha value is -1.74. The van der Waals surface area contributed by atoms with Crippen molar-refractivity contribution in [2.75, 3.05) is 11.9 Å². The Bertz CT molecular complexity index is 557. The molecule has 0 radical (unpaired) electrons. The Morgan fingerprint density at radius 1 is 1.33 bits per heavy atom. The minimum atomic E-state index is 0.667. The number of hydrogen-bond acceptors (Lipinski definition) is 3. The van der Waals surface area contributed by atoms with E-state index in [9.17, 15) is 0 Å². The van der Waals surface area contributed by atoms with Gasteiger partial charge in [-0.25, -0.2) is 4.98 Å². The average molecular weight is 261 g/mol. The standard InChI is InChI=1S/C14H13ClN2O/c15-12-7-10-4-6-18-14(10)11(8-12)9-17-13-3-1-2-5-16-13/h1-3,5,7-8H,4,6,9H2,(H,16,17). The van der Waals surface area contributed by atoms with Crippen LogP contribution >= 0.6 is 11.6 Å². The number of nitrogens with zero attached hydrogens (tertiary/aromatic N) is 1. The third-order valence-corrected chi connectivity index (χ3v) is 3.17. The van der Waals surface area contributed by atoms with Crippen LogP contribution in [0, 0.1) is 0 Å². The number of benzene rings is 1. The molecule has 0 amide bonds. The molecule has 0 fully saturated rings. The van der Waals surface area contributed by atoms with Gasteiger partial charge < -0.3 is 10.1 Å². The second-order valence-corrected chi connectivity index (χ2v) is 4.66. The molecular formula is C14H13ClN2O. The summed E-state index contributed by atoms with van der Waals surface area (Å²) >= 11 is 6.11. The van der Waals surface area contributed by atoms with Crippen LogP contribution in [0.1, 0.15) is 11.1 Å². The number of halogens is 1. The zero-order chi connectivity index (χ0) is 12.4. The van der Waals surface area contributed by atoms with Gasteiger partial charge in [0.05, 0.1) is 6.61 Å². The SMILES string of the molecule is Clc1cc2c(c(CNc3ccccn3)c1)OCC2. The molecule has 3 nitrogen and oxygen atoms in total. The molecule has 1 aromatic heterocycles. The van der Waals surface area contributed by atoms with E-state index < -0.39 is 0 Å². The van der Waals surface area contributed by atoms with Crippen molar-refractivity contribution in [1.82, 2.24) is 4.98 Å². The molecule has 0 bridgehead atoms. The molecule has 1 aliphatic heterocycles. The molecule has 1 N–H and O–H groups in total. The van der Waals surface area contributed by atoms with Crippen LogP contribution in [-0.4, -0.2) is 11.6 Å². The normalized spacial score (nSPS) is 12.9. The lowest BCUT2D eigenvalue weighted by atomic mass is 10.1. The first-order valence-electron chi connectivity index (χ1n) is 5.92. The first-order chi connectivity index (χ1) is 8.83. The van der Waals surface area contributed by atoms with Crippen molar-refractivity contribution in [3.8, 4) is 5.75 Å². The van der Waals surface area contributed by atoms with Gasteiger partial charge in [0.25, 0.3) is 0 Å². The van der Waals surface area contributed by atoms with E-state index in [-0.39, 0.29) is 0 Å². The van der Waals surface area contributed by atoms with Gasteiger partial charge in [0.2, 0.25) is 0 Å². The maximum atomic E-state index is 6.11. The van der Waals surface area contributed by atoms with Gasteiger partial charge in [0.1, 0.15) is 11.6 Å². The zero-order valence-electron chi connectivity index (χ0n) is 9.82. The number of ether oxygens (including phenoxy) is 1. The molecule has 2 aromatic rings. The lowest BCUT2D eigenvalue weighted by molar-refractivity contribution is 0.354. The maximum Gasteiger partial charge on any atom is 0.127 e. The Morgan fingerprint density at radius 3 is 3.11 bits per heavy atom. The van der Waals surface area contributed by atoms with Gasteiger partial charge in [0, 0.05) is 29.7 Å². The van der Waals surface area contributed by atoms with Gasteiger partial charge in [-0.1, -0.05) is 17.7 Å². The Kier molecular flexibility index (Phi) is 3.07. The van der Waals surface area contributed by atoms with E-state index in [0.717, 1.165) is 35.2 Å². The maximum absolute atomic E-state index is 6.11. The number of anilines is 1. The van der Waals surface area contributed by atoms with Crippen LogP contribution in [0.5, 0.6) is 5.75 Å². The third kappa shape index (κ3) is 2.27. The molecule has 18 heavy (non-hydrogen) atoms. The van der Waals surface area contributed by atoms with Crippen molar-refractivity contribution in [3.05, 3.63) is 52.7 Å². The van der Waals surface area contributed by atoms with Gasteiger partial charge in [-0.3, -0.25) is 0 Å². The van der Waals surface area contributed by atoms with E-state index in [1.165, 1.54) is 5.56 Å². The van der Waals surface area contributed by atoms with Crippen molar-refractivity contribution in [3.63, 3.8) is 0 Å². The third-order valence-electron chi connectivity index (χ3n) is 2.95. The highest BCUT2D eigenvalue weighted by Crippen LogP contribution is 2.33. The summed E-state index contributed by atoms with van der Waals surface area (Å²) in [5.74, 6) is 1.83. The molecule has 0 unspecified atom stereocenters. The summed E-state index contributed by atoms with van der Waals surface area (Å²) in [6, 6.07) is 9.71. The number of fused-ring (bicyclic) bond motifs is 1. The zero-order valence-corrected chi connectivity index (χ0v) is 10.6. The van der Waals surface area contributed by atoms with Crippen molar-refractivity contribution >= 4 is 17.4 Å². The lowest BCUT2D eigenvalue weighted by Gasteiger charge is -2.10. The first-order valence-corrected chi connectivity index (χ1v) is 6.30. The predicted molar refractivity (Wildman–Crippen MR) is 72.2 cm³/mol. The van der Waals surface area contributed by atoms with Crippen LogP contribution in [0.25, 0.3) is 0 Å². The van der Waals surface area contributed by atoms with Crippen molar-refractivity contribution in [2.24, 2.45) is 0 Å². The molecule has 0 spiro atoms. The number of nitrogens with one attached hydrogen (secondary N) is 1. The molecule has 3 rings (SSSR count). The summed E-state index contributed by atoms with van der Waals surface area (Å²) in [5.41, 5.74) is 2.28. The van der Waals surface area contributed by atoms with E-state index in [4.69, 9.17) is 16.3 Å². The van der Waals surface area contributed by atoms with Gasteiger partial charge in [-0.15, -0.1) is 0 Å².